The van der Waals surface area contributed by atoms with E-state index in [0.717, 1.165) is 10.2 Å². The standard InChI is InChI=1S/C11H15BrN2O3S/c1-7(6-10(15)16)14-11(17)13-5-4-8-2-3-9(12)18-8/h2-3,7H,4-6H2,1H3,(H,15,16)(H2,13,14,17). The van der Waals surface area contributed by atoms with Gasteiger partial charge in [0.15, 0.2) is 0 Å². The highest BCUT2D eigenvalue weighted by atomic mass is 79.9. The summed E-state index contributed by atoms with van der Waals surface area (Å²) < 4.78 is 1.07. The lowest BCUT2D eigenvalue weighted by molar-refractivity contribution is -0.137. The lowest BCUT2D eigenvalue weighted by atomic mass is 10.2. The molecule has 100 valence electrons. The lowest BCUT2D eigenvalue weighted by Crippen LogP contribution is -2.42. The van der Waals surface area contributed by atoms with Gasteiger partial charge in [-0.2, -0.15) is 0 Å². The summed E-state index contributed by atoms with van der Waals surface area (Å²) in [5, 5.41) is 13.8. The zero-order valence-electron chi connectivity index (χ0n) is 9.90. The molecule has 0 spiro atoms. The zero-order chi connectivity index (χ0) is 13.5. The van der Waals surface area contributed by atoms with Gasteiger partial charge in [0.25, 0.3) is 0 Å². The number of carbonyl (C=O) groups is 2. The number of halogens is 1. The summed E-state index contributed by atoms with van der Waals surface area (Å²) in [7, 11) is 0. The third kappa shape index (κ3) is 6.02. The normalized spacial score (nSPS) is 11.9. The Hall–Kier alpha value is -1.08. The van der Waals surface area contributed by atoms with Gasteiger partial charge in [-0.15, -0.1) is 11.3 Å². The van der Waals surface area contributed by atoms with Crippen LogP contribution in [-0.2, 0) is 11.2 Å². The van der Waals surface area contributed by atoms with E-state index in [4.69, 9.17) is 5.11 Å². The van der Waals surface area contributed by atoms with Gasteiger partial charge in [0.05, 0.1) is 10.2 Å². The van der Waals surface area contributed by atoms with Gasteiger partial charge >= 0.3 is 12.0 Å². The number of rotatable bonds is 6. The van der Waals surface area contributed by atoms with Gasteiger partial charge in [0.2, 0.25) is 0 Å². The molecule has 0 radical (unpaired) electrons. The van der Waals surface area contributed by atoms with Gasteiger partial charge in [-0.05, 0) is 41.4 Å². The molecule has 0 saturated carbocycles. The van der Waals surface area contributed by atoms with E-state index >= 15 is 0 Å². The van der Waals surface area contributed by atoms with Gasteiger partial charge in [0, 0.05) is 17.5 Å². The molecule has 2 amide bonds. The van der Waals surface area contributed by atoms with Gasteiger partial charge in [-0.1, -0.05) is 0 Å². The third-order valence-corrected chi connectivity index (χ3v) is 3.83. The third-order valence-electron chi connectivity index (χ3n) is 2.14. The molecule has 0 aromatic carbocycles. The van der Waals surface area contributed by atoms with Crippen LogP contribution in [0.2, 0.25) is 0 Å². The topological polar surface area (TPSA) is 78.4 Å². The monoisotopic (exact) mass is 334 g/mol. The highest BCUT2D eigenvalue weighted by Gasteiger charge is 2.10. The van der Waals surface area contributed by atoms with Crippen LogP contribution in [0.5, 0.6) is 0 Å². The Morgan fingerprint density at radius 3 is 2.78 bits per heavy atom. The number of nitrogens with one attached hydrogen (secondary N) is 2. The fourth-order valence-corrected chi connectivity index (χ4v) is 2.86. The molecule has 1 atom stereocenters. The second kappa shape index (κ2) is 7.38. The number of urea groups is 1. The number of carboxylic acids is 1. The van der Waals surface area contributed by atoms with Crippen molar-refractivity contribution in [3.63, 3.8) is 0 Å². The second-order valence-corrected chi connectivity index (χ2v) is 6.40. The molecule has 18 heavy (non-hydrogen) atoms. The van der Waals surface area contributed by atoms with Crippen molar-refractivity contribution >= 4 is 39.3 Å². The highest BCUT2D eigenvalue weighted by molar-refractivity contribution is 9.11. The molecule has 0 aliphatic rings. The molecule has 0 bridgehead atoms. The van der Waals surface area contributed by atoms with E-state index in [0.29, 0.717) is 6.54 Å². The Morgan fingerprint density at radius 1 is 1.50 bits per heavy atom. The van der Waals surface area contributed by atoms with Crippen LogP contribution in [0.4, 0.5) is 4.79 Å². The number of hydrogen-bond acceptors (Lipinski definition) is 3. The zero-order valence-corrected chi connectivity index (χ0v) is 12.3. The molecule has 1 aromatic heterocycles. The Labute approximate surface area is 118 Å². The summed E-state index contributed by atoms with van der Waals surface area (Å²) >= 11 is 5.00. The van der Waals surface area contributed by atoms with Crippen molar-refractivity contribution in [2.45, 2.75) is 25.8 Å². The molecule has 3 N–H and O–H groups in total. The smallest absolute Gasteiger partial charge is 0.315 e. The van der Waals surface area contributed by atoms with Crippen LogP contribution >= 0.6 is 27.3 Å². The molecule has 0 fully saturated rings. The summed E-state index contributed by atoms with van der Waals surface area (Å²) in [6.45, 7) is 2.18. The molecule has 1 rings (SSSR count). The molecule has 5 nitrogen and oxygen atoms in total. The fraction of sp³-hybridized carbons (Fsp3) is 0.455. The first kappa shape index (κ1) is 15.0. The van der Waals surface area contributed by atoms with Crippen LogP contribution in [0.3, 0.4) is 0 Å². The number of thiophene rings is 1. The van der Waals surface area contributed by atoms with Crippen LogP contribution in [0.1, 0.15) is 18.2 Å². The van der Waals surface area contributed by atoms with Crippen LogP contribution in [0, 0.1) is 0 Å². The van der Waals surface area contributed by atoms with Gasteiger partial charge in [-0.3, -0.25) is 4.79 Å². The summed E-state index contributed by atoms with van der Waals surface area (Å²) in [5.74, 6) is -0.925. The molecule has 7 heteroatoms. The van der Waals surface area contributed by atoms with Crippen molar-refractivity contribution in [2.75, 3.05) is 6.54 Å². The maximum absolute atomic E-state index is 11.4. The van der Waals surface area contributed by atoms with E-state index < -0.39 is 5.97 Å². The largest absolute Gasteiger partial charge is 0.481 e. The molecule has 1 unspecified atom stereocenters. The van der Waals surface area contributed by atoms with E-state index in [-0.39, 0.29) is 18.5 Å². The SMILES string of the molecule is CC(CC(=O)O)NC(=O)NCCc1ccc(Br)s1. The molecular weight excluding hydrogens is 320 g/mol. The van der Waals surface area contributed by atoms with Crippen molar-refractivity contribution in [1.29, 1.82) is 0 Å². The van der Waals surface area contributed by atoms with Crippen molar-refractivity contribution in [3.8, 4) is 0 Å². The first-order chi connectivity index (χ1) is 8.47. The second-order valence-electron chi connectivity index (χ2n) is 3.85. The highest BCUT2D eigenvalue weighted by Crippen LogP contribution is 2.21. The van der Waals surface area contributed by atoms with Crippen LogP contribution < -0.4 is 10.6 Å². The van der Waals surface area contributed by atoms with Gasteiger partial charge in [0.1, 0.15) is 0 Å². The van der Waals surface area contributed by atoms with E-state index in [9.17, 15) is 9.59 Å². The Kier molecular flexibility index (Phi) is 6.14. The summed E-state index contributed by atoms with van der Waals surface area (Å²) in [4.78, 5) is 23.0. The Bertz CT molecular complexity index is 422. The average Bonchev–Trinajstić information content (AvgIpc) is 2.62. The minimum Gasteiger partial charge on any atom is -0.481 e. The number of carbonyl (C=O) groups excluding carboxylic acids is 1. The predicted octanol–water partition coefficient (Wildman–Crippen LogP) is 2.22. The molecular formula is C11H15BrN2O3S. The summed E-state index contributed by atoms with van der Waals surface area (Å²) in [6.07, 6.45) is 0.683. The quantitative estimate of drug-likeness (QED) is 0.746. The molecule has 0 aliphatic heterocycles. The van der Waals surface area contributed by atoms with Crippen molar-refractivity contribution in [2.24, 2.45) is 0 Å². The van der Waals surface area contributed by atoms with E-state index in [1.165, 1.54) is 4.88 Å². The molecule has 1 aromatic rings. The lowest BCUT2D eigenvalue weighted by Gasteiger charge is -2.12. The molecule has 0 saturated heterocycles. The average molecular weight is 335 g/mol. The van der Waals surface area contributed by atoms with Crippen LogP contribution in [0.25, 0.3) is 0 Å². The summed E-state index contributed by atoms with van der Waals surface area (Å²) in [5.41, 5.74) is 0. The van der Waals surface area contributed by atoms with Gasteiger partial charge in [-0.25, -0.2) is 4.79 Å². The van der Waals surface area contributed by atoms with E-state index in [2.05, 4.69) is 26.6 Å². The fourth-order valence-electron chi connectivity index (χ4n) is 1.37. The molecule has 1 heterocycles. The van der Waals surface area contributed by atoms with Crippen molar-refractivity contribution < 1.29 is 14.7 Å². The van der Waals surface area contributed by atoms with Gasteiger partial charge < -0.3 is 15.7 Å². The Balaban J connectivity index is 2.19. The van der Waals surface area contributed by atoms with Crippen molar-refractivity contribution in [3.05, 3.63) is 20.8 Å². The number of amides is 2. The maximum atomic E-state index is 11.4. The van der Waals surface area contributed by atoms with Crippen LogP contribution in [-0.4, -0.2) is 29.7 Å². The number of carboxylic acid groups (broad SMARTS) is 1. The number of aliphatic carboxylic acids is 1. The maximum Gasteiger partial charge on any atom is 0.315 e. The van der Waals surface area contributed by atoms with Crippen molar-refractivity contribution in [1.82, 2.24) is 10.6 Å². The minimum atomic E-state index is -0.925. The first-order valence-electron chi connectivity index (χ1n) is 5.47. The van der Waals surface area contributed by atoms with Crippen LogP contribution in [0.15, 0.2) is 15.9 Å². The Morgan fingerprint density at radius 2 is 2.22 bits per heavy atom. The predicted molar refractivity (Wildman–Crippen MR) is 74.0 cm³/mol. The molecule has 0 aliphatic carbocycles. The summed E-state index contributed by atoms with van der Waals surface area (Å²) in [6, 6.07) is 3.26. The number of hydrogen-bond donors (Lipinski definition) is 3. The van der Waals surface area contributed by atoms with E-state index in [1.807, 2.05) is 12.1 Å². The first-order valence-corrected chi connectivity index (χ1v) is 7.08. The van der Waals surface area contributed by atoms with E-state index in [1.54, 1.807) is 18.3 Å². The minimum absolute atomic E-state index is 0.0781.